The quantitative estimate of drug-likeness (QED) is 0.849. The molecule has 0 unspecified atom stereocenters. The Balaban J connectivity index is 2.72. The van der Waals surface area contributed by atoms with Crippen molar-refractivity contribution in [3.05, 3.63) is 29.8 Å². The molecule has 0 aliphatic rings. The molecule has 0 atom stereocenters. The lowest BCUT2D eigenvalue weighted by Crippen LogP contribution is -1.99. The summed E-state index contributed by atoms with van der Waals surface area (Å²) in [6, 6.07) is 6.61. The molecule has 1 N–H and O–H groups in total. The van der Waals surface area contributed by atoms with E-state index < -0.39 is 15.8 Å². The van der Waals surface area contributed by atoms with Crippen molar-refractivity contribution in [1.29, 1.82) is 0 Å². The van der Waals surface area contributed by atoms with Gasteiger partial charge in [0.25, 0.3) is 0 Å². The number of hydrogen-bond donors (Lipinski definition) is 1. The summed E-state index contributed by atoms with van der Waals surface area (Å²) in [7, 11) is -3.18. The summed E-state index contributed by atoms with van der Waals surface area (Å²) >= 11 is 0. The molecule has 5 heteroatoms. The third kappa shape index (κ3) is 4.02. The predicted molar refractivity (Wildman–Crippen MR) is 60.1 cm³/mol. The first-order chi connectivity index (χ1) is 7.39. The van der Waals surface area contributed by atoms with E-state index in [2.05, 4.69) is 0 Å². The Labute approximate surface area is 94.8 Å². The molecular formula is C11H14O4S. The van der Waals surface area contributed by atoms with E-state index in [-0.39, 0.29) is 11.3 Å². The monoisotopic (exact) mass is 242 g/mol. The molecular weight excluding hydrogens is 228 g/mol. The van der Waals surface area contributed by atoms with Crippen LogP contribution in [0.4, 0.5) is 0 Å². The van der Waals surface area contributed by atoms with Crippen molar-refractivity contribution in [2.75, 3.05) is 6.26 Å². The summed E-state index contributed by atoms with van der Waals surface area (Å²) in [5, 5.41) is 8.48. The van der Waals surface area contributed by atoms with Crippen molar-refractivity contribution >= 4 is 15.8 Å². The summed E-state index contributed by atoms with van der Waals surface area (Å²) in [5.41, 5.74) is 0.851. The highest BCUT2D eigenvalue weighted by molar-refractivity contribution is 7.90. The van der Waals surface area contributed by atoms with Crippen LogP contribution in [0, 0.1) is 0 Å². The van der Waals surface area contributed by atoms with Gasteiger partial charge in [0.15, 0.2) is 9.84 Å². The summed E-state index contributed by atoms with van der Waals surface area (Å²) in [6.45, 7) is 0. The molecule has 0 heterocycles. The molecule has 88 valence electrons. The Kier molecular flexibility index (Phi) is 4.06. The fourth-order valence-electron chi connectivity index (χ4n) is 1.38. The maximum absolute atomic E-state index is 11.3. The minimum atomic E-state index is -3.18. The van der Waals surface area contributed by atoms with Crippen LogP contribution in [-0.4, -0.2) is 25.7 Å². The number of aliphatic carboxylic acids is 1. The molecule has 1 rings (SSSR count). The number of carboxylic acids is 1. The summed E-state index contributed by atoms with van der Waals surface area (Å²) < 4.78 is 22.5. The van der Waals surface area contributed by atoms with Gasteiger partial charge >= 0.3 is 5.97 Å². The van der Waals surface area contributed by atoms with Crippen LogP contribution in [0.2, 0.25) is 0 Å². The molecule has 1 aromatic rings. The molecule has 0 spiro atoms. The van der Waals surface area contributed by atoms with Crippen LogP contribution in [0.5, 0.6) is 0 Å². The molecule has 4 nitrogen and oxygen atoms in total. The fraction of sp³-hybridized carbons (Fsp3) is 0.364. The number of carboxylic acid groups (broad SMARTS) is 1. The standard InChI is InChI=1S/C11H14O4S/c1-16(14,15)10-6-2-4-9(8-10)5-3-7-11(12)13/h2,4,6,8H,3,5,7H2,1H3,(H,12,13). The average Bonchev–Trinajstić information content (AvgIpc) is 2.16. The highest BCUT2D eigenvalue weighted by Gasteiger charge is 2.07. The van der Waals surface area contributed by atoms with E-state index in [1.165, 1.54) is 6.07 Å². The first kappa shape index (κ1) is 12.7. The molecule has 0 fully saturated rings. The molecule has 0 bridgehead atoms. The van der Waals surface area contributed by atoms with Crippen LogP contribution in [0.25, 0.3) is 0 Å². The van der Waals surface area contributed by atoms with Crippen LogP contribution >= 0.6 is 0 Å². The van der Waals surface area contributed by atoms with Gasteiger partial charge < -0.3 is 5.11 Å². The lowest BCUT2D eigenvalue weighted by atomic mass is 10.1. The number of hydrogen-bond acceptors (Lipinski definition) is 3. The van der Waals surface area contributed by atoms with Gasteiger partial charge in [-0.2, -0.15) is 0 Å². The van der Waals surface area contributed by atoms with Gasteiger partial charge in [-0.25, -0.2) is 8.42 Å². The molecule has 0 aliphatic heterocycles. The third-order valence-corrected chi connectivity index (χ3v) is 3.29. The van der Waals surface area contributed by atoms with Gasteiger partial charge in [0.2, 0.25) is 0 Å². The molecule has 1 aromatic carbocycles. The van der Waals surface area contributed by atoms with E-state index in [0.717, 1.165) is 11.8 Å². The van der Waals surface area contributed by atoms with Gasteiger partial charge in [0.05, 0.1) is 4.90 Å². The molecule has 0 radical (unpaired) electrons. The molecule has 0 aromatic heterocycles. The Hall–Kier alpha value is -1.36. The zero-order chi connectivity index (χ0) is 12.2. The van der Waals surface area contributed by atoms with E-state index in [1.807, 2.05) is 0 Å². The lowest BCUT2D eigenvalue weighted by Gasteiger charge is -2.02. The Morgan fingerprint density at radius 3 is 2.62 bits per heavy atom. The SMILES string of the molecule is CS(=O)(=O)c1cccc(CCCC(=O)O)c1. The fourth-order valence-corrected chi connectivity index (χ4v) is 2.07. The minimum absolute atomic E-state index is 0.100. The zero-order valence-electron chi connectivity index (χ0n) is 9.01. The van der Waals surface area contributed by atoms with E-state index >= 15 is 0 Å². The number of rotatable bonds is 5. The number of carbonyl (C=O) groups is 1. The molecule has 0 aliphatic carbocycles. The number of benzene rings is 1. The second-order valence-corrected chi connectivity index (χ2v) is 5.68. The molecule has 16 heavy (non-hydrogen) atoms. The zero-order valence-corrected chi connectivity index (χ0v) is 9.83. The van der Waals surface area contributed by atoms with Crippen LogP contribution in [0.1, 0.15) is 18.4 Å². The van der Waals surface area contributed by atoms with Gasteiger partial charge in [-0.1, -0.05) is 12.1 Å². The van der Waals surface area contributed by atoms with E-state index in [1.54, 1.807) is 18.2 Å². The molecule has 0 amide bonds. The topological polar surface area (TPSA) is 71.4 Å². The second kappa shape index (κ2) is 5.12. The van der Waals surface area contributed by atoms with Crippen molar-refractivity contribution in [3.63, 3.8) is 0 Å². The van der Waals surface area contributed by atoms with E-state index in [0.29, 0.717) is 12.8 Å². The number of sulfone groups is 1. The van der Waals surface area contributed by atoms with Crippen molar-refractivity contribution in [1.82, 2.24) is 0 Å². The lowest BCUT2D eigenvalue weighted by molar-refractivity contribution is -0.137. The van der Waals surface area contributed by atoms with Crippen LogP contribution in [0.3, 0.4) is 0 Å². The molecule has 0 saturated carbocycles. The largest absolute Gasteiger partial charge is 0.481 e. The smallest absolute Gasteiger partial charge is 0.303 e. The van der Waals surface area contributed by atoms with E-state index in [4.69, 9.17) is 5.11 Å². The van der Waals surface area contributed by atoms with Gasteiger partial charge in [-0.3, -0.25) is 4.79 Å². The normalized spacial score (nSPS) is 11.3. The summed E-state index contributed by atoms with van der Waals surface area (Å²) in [6.07, 6.45) is 2.35. The van der Waals surface area contributed by atoms with Crippen molar-refractivity contribution in [3.8, 4) is 0 Å². The summed E-state index contributed by atoms with van der Waals surface area (Å²) in [4.78, 5) is 10.6. The first-order valence-electron chi connectivity index (χ1n) is 4.90. The van der Waals surface area contributed by atoms with E-state index in [9.17, 15) is 13.2 Å². The highest BCUT2D eigenvalue weighted by Crippen LogP contribution is 2.13. The number of aryl methyl sites for hydroxylation is 1. The maximum Gasteiger partial charge on any atom is 0.303 e. The maximum atomic E-state index is 11.3. The molecule has 0 saturated heterocycles. The van der Waals surface area contributed by atoms with Crippen molar-refractivity contribution in [2.24, 2.45) is 0 Å². The van der Waals surface area contributed by atoms with Crippen LogP contribution in [-0.2, 0) is 21.1 Å². The second-order valence-electron chi connectivity index (χ2n) is 3.67. The summed E-state index contributed by atoms with van der Waals surface area (Å²) in [5.74, 6) is -0.834. The highest BCUT2D eigenvalue weighted by atomic mass is 32.2. The van der Waals surface area contributed by atoms with Gasteiger partial charge in [0, 0.05) is 12.7 Å². The van der Waals surface area contributed by atoms with Crippen LogP contribution in [0.15, 0.2) is 29.2 Å². The Bertz CT molecular complexity index is 477. The van der Waals surface area contributed by atoms with Crippen LogP contribution < -0.4 is 0 Å². The average molecular weight is 242 g/mol. The third-order valence-electron chi connectivity index (χ3n) is 2.18. The van der Waals surface area contributed by atoms with Gasteiger partial charge in [0.1, 0.15) is 0 Å². The first-order valence-corrected chi connectivity index (χ1v) is 6.79. The Morgan fingerprint density at radius 1 is 1.38 bits per heavy atom. The Morgan fingerprint density at radius 2 is 2.06 bits per heavy atom. The van der Waals surface area contributed by atoms with Crippen molar-refractivity contribution < 1.29 is 18.3 Å². The minimum Gasteiger partial charge on any atom is -0.481 e. The predicted octanol–water partition coefficient (Wildman–Crippen LogP) is 1.50. The van der Waals surface area contributed by atoms with Crippen molar-refractivity contribution in [2.45, 2.75) is 24.2 Å². The van der Waals surface area contributed by atoms with Gasteiger partial charge in [-0.15, -0.1) is 0 Å². The van der Waals surface area contributed by atoms with Gasteiger partial charge in [-0.05, 0) is 30.5 Å².